The highest BCUT2D eigenvalue weighted by Crippen LogP contribution is 2.18. The van der Waals surface area contributed by atoms with Crippen molar-refractivity contribution in [1.82, 2.24) is 0 Å². The van der Waals surface area contributed by atoms with E-state index in [4.69, 9.17) is 5.53 Å². The first-order chi connectivity index (χ1) is 8.27. The molecule has 0 saturated carbocycles. The van der Waals surface area contributed by atoms with Crippen LogP contribution in [0.2, 0.25) is 0 Å². The minimum Gasteiger partial charge on any atom is -0.360 e. The van der Waals surface area contributed by atoms with E-state index in [1.165, 1.54) is 24.3 Å². The van der Waals surface area contributed by atoms with Gasteiger partial charge in [-0.2, -0.15) is 18.0 Å². The molecule has 94 valence electrons. The first-order valence-electron chi connectivity index (χ1n) is 4.41. The van der Waals surface area contributed by atoms with E-state index in [2.05, 4.69) is 20.7 Å². The van der Waals surface area contributed by atoms with Gasteiger partial charge in [0.2, 0.25) is 0 Å². The number of carbonyl (C=O) groups is 2. The summed E-state index contributed by atoms with van der Waals surface area (Å²) in [5.74, 6) is -3.79. The first kappa shape index (κ1) is 14.3. The van der Waals surface area contributed by atoms with Crippen molar-refractivity contribution in [2.45, 2.75) is 6.18 Å². The van der Waals surface area contributed by atoms with Crippen LogP contribution in [0.3, 0.4) is 0 Å². The van der Waals surface area contributed by atoms with Gasteiger partial charge in [0, 0.05) is 10.0 Å². The summed E-state index contributed by atoms with van der Waals surface area (Å²) in [4.78, 5) is 24.5. The van der Waals surface area contributed by atoms with Crippen LogP contribution in [-0.2, 0) is 4.79 Å². The van der Waals surface area contributed by atoms with Crippen molar-refractivity contribution in [3.63, 3.8) is 0 Å². The largest absolute Gasteiger partial charge is 0.462 e. The molecule has 0 atom stereocenters. The summed E-state index contributed by atoms with van der Waals surface area (Å²) >= 11 is 3.07. The third-order valence-corrected chi connectivity index (χ3v) is 2.42. The van der Waals surface area contributed by atoms with Gasteiger partial charge >= 0.3 is 17.7 Å². The molecule has 1 aromatic carbocycles. The van der Waals surface area contributed by atoms with E-state index >= 15 is 0 Å². The average Bonchev–Trinajstić information content (AvgIpc) is 2.29. The molecule has 0 spiro atoms. The molecular weight excluding hydrogens is 317 g/mol. The molecule has 0 bridgehead atoms. The molecule has 0 fully saturated rings. The van der Waals surface area contributed by atoms with E-state index in [1.54, 1.807) is 0 Å². The summed E-state index contributed by atoms with van der Waals surface area (Å²) in [5.41, 5.74) is 6.63. The van der Waals surface area contributed by atoms with Gasteiger partial charge in [0.1, 0.15) is 0 Å². The summed E-state index contributed by atoms with van der Waals surface area (Å²) in [6.07, 6.45) is -5.27. The molecule has 0 aromatic heterocycles. The van der Waals surface area contributed by atoms with Crippen LogP contribution in [0.15, 0.2) is 28.7 Å². The van der Waals surface area contributed by atoms with E-state index in [0.29, 0.717) is 4.47 Å². The van der Waals surface area contributed by atoms with Crippen LogP contribution in [-0.4, -0.2) is 28.2 Å². The Hall–Kier alpha value is -1.79. The summed E-state index contributed by atoms with van der Waals surface area (Å²) in [6.45, 7) is 0. The number of Topliss-reactive ketones (excluding diaryl/α,β-unsaturated/α-hetero) is 2. The Morgan fingerprint density at radius 1 is 1.17 bits per heavy atom. The van der Waals surface area contributed by atoms with Crippen LogP contribution in [0.1, 0.15) is 10.4 Å². The van der Waals surface area contributed by atoms with Crippen molar-refractivity contribution < 1.29 is 27.6 Å². The van der Waals surface area contributed by atoms with Gasteiger partial charge in [-0.3, -0.25) is 9.59 Å². The average molecular weight is 321 g/mol. The second kappa shape index (κ2) is 5.24. The number of hydrogen-bond donors (Lipinski definition) is 0. The zero-order chi connectivity index (χ0) is 13.9. The molecule has 1 aromatic rings. The second-order valence-electron chi connectivity index (χ2n) is 3.11. The van der Waals surface area contributed by atoms with Gasteiger partial charge in [0.05, 0.1) is 0 Å². The third-order valence-electron chi connectivity index (χ3n) is 1.89. The first-order valence-corrected chi connectivity index (χ1v) is 5.20. The van der Waals surface area contributed by atoms with E-state index in [1.807, 2.05) is 0 Å². The van der Waals surface area contributed by atoms with Crippen LogP contribution in [0.4, 0.5) is 13.2 Å². The number of carbonyl (C=O) groups excluding carboxylic acids is 2. The predicted octanol–water partition coefficient (Wildman–Crippen LogP) is 2.43. The molecule has 18 heavy (non-hydrogen) atoms. The highest BCUT2D eigenvalue weighted by atomic mass is 79.9. The van der Waals surface area contributed by atoms with Gasteiger partial charge in [0.25, 0.3) is 5.78 Å². The molecule has 1 rings (SSSR count). The van der Waals surface area contributed by atoms with Crippen molar-refractivity contribution >= 4 is 33.2 Å². The molecular formula is C10H4BrF3N2O2. The Bertz CT molecular complexity index is 545. The number of benzene rings is 1. The van der Waals surface area contributed by atoms with Crippen LogP contribution in [0, 0.1) is 0 Å². The molecule has 0 saturated heterocycles. The van der Waals surface area contributed by atoms with Crippen LogP contribution >= 0.6 is 15.9 Å². The monoisotopic (exact) mass is 320 g/mol. The Morgan fingerprint density at radius 3 is 2.06 bits per heavy atom. The summed E-state index contributed by atoms with van der Waals surface area (Å²) in [7, 11) is 0. The maximum atomic E-state index is 12.1. The lowest BCUT2D eigenvalue weighted by molar-refractivity contribution is -0.166. The van der Waals surface area contributed by atoms with Gasteiger partial charge in [-0.25, -0.2) is 0 Å². The number of rotatable bonds is 3. The molecule has 0 aliphatic rings. The maximum absolute atomic E-state index is 12.1. The van der Waals surface area contributed by atoms with Crippen molar-refractivity contribution in [3.8, 4) is 0 Å². The van der Waals surface area contributed by atoms with Gasteiger partial charge in [-0.05, 0) is 24.3 Å². The lowest BCUT2D eigenvalue weighted by Crippen LogP contribution is -2.36. The molecule has 8 heteroatoms. The van der Waals surface area contributed by atoms with Crippen LogP contribution < -0.4 is 0 Å². The molecule has 0 aliphatic carbocycles. The number of ketones is 2. The fourth-order valence-electron chi connectivity index (χ4n) is 1.07. The van der Waals surface area contributed by atoms with Crippen molar-refractivity contribution in [1.29, 1.82) is 0 Å². The fraction of sp³-hybridized carbons (Fsp3) is 0.100. The van der Waals surface area contributed by atoms with Crippen LogP contribution in [0.5, 0.6) is 0 Å². The van der Waals surface area contributed by atoms with Crippen LogP contribution in [0.25, 0.3) is 5.53 Å². The van der Waals surface area contributed by atoms with E-state index in [9.17, 15) is 22.8 Å². The maximum Gasteiger partial charge on any atom is 0.462 e. The number of alkyl halides is 3. The quantitative estimate of drug-likeness (QED) is 0.282. The Labute approximate surface area is 107 Å². The number of nitrogens with zero attached hydrogens (tertiary/aromatic N) is 2. The van der Waals surface area contributed by atoms with Gasteiger partial charge in [-0.15, -0.1) is 0 Å². The zero-order valence-corrected chi connectivity index (χ0v) is 10.1. The normalized spacial score (nSPS) is 10.7. The minimum absolute atomic E-state index is 0.191. The van der Waals surface area contributed by atoms with Gasteiger partial charge < -0.3 is 5.53 Å². The molecule has 0 unspecified atom stereocenters. The Kier molecular flexibility index (Phi) is 4.15. The highest BCUT2D eigenvalue weighted by molar-refractivity contribution is 9.10. The van der Waals surface area contributed by atoms with Gasteiger partial charge in [0.15, 0.2) is 0 Å². The lowest BCUT2D eigenvalue weighted by Gasteiger charge is -2.01. The standard InChI is InChI=1S/C10H4BrF3N2O2/c11-6-3-1-5(2-4-6)8(17)7(16-15)9(18)10(12,13)14/h1-4H. The molecule has 0 aliphatic heterocycles. The van der Waals surface area contributed by atoms with Crippen molar-refractivity contribution in [3.05, 3.63) is 39.8 Å². The van der Waals surface area contributed by atoms with Gasteiger partial charge in [-0.1, -0.05) is 15.9 Å². The second-order valence-corrected chi connectivity index (χ2v) is 4.03. The SMILES string of the molecule is [N-]=[N+]=C(C(=O)c1ccc(Br)cc1)C(=O)C(F)(F)F. The number of halogens is 4. The summed E-state index contributed by atoms with van der Waals surface area (Å²) < 4.78 is 37.0. The lowest BCUT2D eigenvalue weighted by atomic mass is 10.0. The molecule has 0 N–H and O–H groups in total. The van der Waals surface area contributed by atoms with E-state index < -0.39 is 23.5 Å². The summed E-state index contributed by atoms with van der Waals surface area (Å²) in [5, 5.41) is 0. The molecule has 0 heterocycles. The van der Waals surface area contributed by atoms with Crippen molar-refractivity contribution in [2.75, 3.05) is 0 Å². The predicted molar refractivity (Wildman–Crippen MR) is 58.2 cm³/mol. The number of hydrogen-bond acceptors (Lipinski definition) is 2. The highest BCUT2D eigenvalue weighted by Gasteiger charge is 2.49. The Balaban J connectivity index is 3.13. The zero-order valence-electron chi connectivity index (χ0n) is 8.53. The molecule has 0 radical (unpaired) electrons. The topological polar surface area (TPSA) is 70.5 Å². The van der Waals surface area contributed by atoms with Crippen molar-refractivity contribution in [2.24, 2.45) is 0 Å². The minimum atomic E-state index is -5.27. The smallest absolute Gasteiger partial charge is 0.360 e. The van der Waals surface area contributed by atoms with E-state index in [-0.39, 0.29) is 5.56 Å². The molecule has 0 amide bonds. The van der Waals surface area contributed by atoms with E-state index in [0.717, 1.165) is 0 Å². The fourth-order valence-corrected chi connectivity index (χ4v) is 1.33. The molecule has 4 nitrogen and oxygen atoms in total. The third kappa shape index (κ3) is 3.12. The summed E-state index contributed by atoms with van der Waals surface area (Å²) in [6, 6.07) is 5.20. The Morgan fingerprint density at radius 2 is 1.67 bits per heavy atom.